The van der Waals surface area contributed by atoms with Gasteiger partial charge in [0.05, 0.1) is 0 Å². The van der Waals surface area contributed by atoms with E-state index >= 15 is 0 Å². The maximum absolute atomic E-state index is 8.74. The van der Waals surface area contributed by atoms with Gasteiger partial charge in [-0.1, -0.05) is 11.6 Å². The van der Waals surface area contributed by atoms with Crippen molar-refractivity contribution in [3.05, 3.63) is 16.5 Å². The number of hydrogen-bond donors (Lipinski definition) is 1. The van der Waals surface area contributed by atoms with Crippen LogP contribution in [0.3, 0.4) is 0 Å². The van der Waals surface area contributed by atoms with Crippen LogP contribution in [0.5, 0.6) is 0 Å². The Labute approximate surface area is 91.3 Å². The van der Waals surface area contributed by atoms with Crippen molar-refractivity contribution in [3.63, 3.8) is 0 Å². The molecule has 1 aliphatic carbocycles. The molecule has 1 saturated carbocycles. The highest BCUT2D eigenvalue weighted by Gasteiger charge is 2.23. The topological polar surface area (TPSA) is 85.4 Å². The Hall–Kier alpha value is -1.85. The molecule has 0 amide bonds. The lowest BCUT2D eigenvalue weighted by atomic mass is 10.3. The van der Waals surface area contributed by atoms with Gasteiger partial charge in [-0.15, -0.1) is 0 Å². The van der Waals surface area contributed by atoms with E-state index in [1.54, 1.807) is 6.07 Å². The molecule has 1 aromatic heterocycles. The van der Waals surface area contributed by atoms with Gasteiger partial charge in [0.15, 0.2) is 22.4 Å². The van der Waals surface area contributed by atoms with Gasteiger partial charge in [0.25, 0.3) is 0 Å². The van der Waals surface area contributed by atoms with Crippen molar-refractivity contribution in [3.8, 4) is 12.1 Å². The molecular weight excluding hydrogens is 214 g/mol. The van der Waals surface area contributed by atoms with Crippen LogP contribution in [0.25, 0.3) is 0 Å². The molecule has 1 fully saturated rings. The van der Waals surface area contributed by atoms with Crippen LogP contribution in [0.4, 0.5) is 5.82 Å². The molecule has 0 radical (unpaired) electrons. The number of halogens is 1. The van der Waals surface area contributed by atoms with E-state index in [0.717, 1.165) is 12.8 Å². The smallest absolute Gasteiger partial charge is 0.179 e. The molecule has 0 aromatic carbocycles. The molecule has 1 N–H and O–H groups in total. The van der Waals surface area contributed by atoms with Gasteiger partial charge in [-0.25, -0.2) is 9.97 Å². The average molecular weight is 220 g/mol. The van der Waals surface area contributed by atoms with Crippen LogP contribution in [-0.4, -0.2) is 16.0 Å². The quantitative estimate of drug-likeness (QED) is 0.814. The standard InChI is InChI=1S/C9H6ClN5/c10-8-9(13-5-1-2-5)15-7(4-12)6(3-11)14-8/h5H,1-2H2,(H,13,15). The fraction of sp³-hybridized carbons (Fsp3) is 0.333. The summed E-state index contributed by atoms with van der Waals surface area (Å²) in [5, 5.41) is 20.6. The van der Waals surface area contributed by atoms with Gasteiger partial charge in [-0.05, 0) is 12.8 Å². The van der Waals surface area contributed by atoms with Crippen molar-refractivity contribution >= 4 is 17.4 Å². The molecule has 2 rings (SSSR count). The summed E-state index contributed by atoms with van der Waals surface area (Å²) < 4.78 is 0. The summed E-state index contributed by atoms with van der Waals surface area (Å²) in [6, 6.07) is 3.96. The summed E-state index contributed by atoms with van der Waals surface area (Å²) in [4.78, 5) is 7.75. The summed E-state index contributed by atoms with van der Waals surface area (Å²) in [6.45, 7) is 0. The van der Waals surface area contributed by atoms with Crippen LogP contribution < -0.4 is 5.32 Å². The zero-order chi connectivity index (χ0) is 10.8. The van der Waals surface area contributed by atoms with Gasteiger partial charge in [0.1, 0.15) is 12.1 Å². The number of nitrogens with zero attached hydrogens (tertiary/aromatic N) is 4. The van der Waals surface area contributed by atoms with Crippen molar-refractivity contribution in [1.29, 1.82) is 10.5 Å². The van der Waals surface area contributed by atoms with E-state index in [0.29, 0.717) is 11.9 Å². The Morgan fingerprint density at radius 1 is 1.20 bits per heavy atom. The Balaban J connectivity index is 2.39. The molecule has 6 heteroatoms. The molecule has 0 unspecified atom stereocenters. The summed E-state index contributed by atoms with van der Waals surface area (Å²) in [6.07, 6.45) is 2.14. The number of rotatable bonds is 2. The molecule has 1 aliphatic rings. The van der Waals surface area contributed by atoms with Crippen LogP contribution in [0.15, 0.2) is 0 Å². The van der Waals surface area contributed by atoms with E-state index in [2.05, 4.69) is 15.3 Å². The van der Waals surface area contributed by atoms with Crippen molar-refractivity contribution in [2.24, 2.45) is 0 Å². The molecule has 15 heavy (non-hydrogen) atoms. The molecule has 1 aromatic rings. The van der Waals surface area contributed by atoms with Crippen LogP contribution in [0.2, 0.25) is 5.15 Å². The molecule has 0 aliphatic heterocycles. The lowest BCUT2D eigenvalue weighted by Gasteiger charge is -2.05. The first-order valence-electron chi connectivity index (χ1n) is 4.39. The minimum atomic E-state index is -0.0381. The van der Waals surface area contributed by atoms with Gasteiger partial charge in [-0.3, -0.25) is 0 Å². The summed E-state index contributed by atoms with van der Waals surface area (Å²) >= 11 is 5.81. The van der Waals surface area contributed by atoms with Gasteiger partial charge in [0.2, 0.25) is 0 Å². The highest BCUT2D eigenvalue weighted by Crippen LogP contribution is 2.27. The third-order valence-corrected chi connectivity index (χ3v) is 2.25. The average Bonchev–Trinajstić information content (AvgIpc) is 3.04. The van der Waals surface area contributed by atoms with E-state index in [1.165, 1.54) is 0 Å². The SMILES string of the molecule is N#Cc1nc(Cl)c(NC2CC2)nc1C#N. The predicted molar refractivity (Wildman–Crippen MR) is 53.1 cm³/mol. The van der Waals surface area contributed by atoms with Gasteiger partial charge >= 0.3 is 0 Å². The second-order valence-electron chi connectivity index (χ2n) is 3.20. The molecule has 0 atom stereocenters. The first-order valence-corrected chi connectivity index (χ1v) is 4.76. The Morgan fingerprint density at radius 3 is 2.33 bits per heavy atom. The first kappa shape index (κ1) is 9.70. The molecule has 0 saturated heterocycles. The normalized spacial score (nSPS) is 14.1. The van der Waals surface area contributed by atoms with Gasteiger partial charge < -0.3 is 5.32 Å². The van der Waals surface area contributed by atoms with Crippen molar-refractivity contribution in [2.45, 2.75) is 18.9 Å². The zero-order valence-corrected chi connectivity index (χ0v) is 8.41. The maximum atomic E-state index is 8.74. The van der Waals surface area contributed by atoms with Gasteiger partial charge in [-0.2, -0.15) is 10.5 Å². The van der Waals surface area contributed by atoms with E-state index in [-0.39, 0.29) is 16.5 Å². The van der Waals surface area contributed by atoms with Crippen LogP contribution >= 0.6 is 11.6 Å². The third kappa shape index (κ3) is 1.98. The lowest BCUT2D eigenvalue weighted by molar-refractivity contribution is 1.06. The number of aromatic nitrogens is 2. The molecule has 0 bridgehead atoms. The molecule has 5 nitrogen and oxygen atoms in total. The van der Waals surface area contributed by atoms with E-state index in [4.69, 9.17) is 22.1 Å². The van der Waals surface area contributed by atoms with Crippen molar-refractivity contribution in [1.82, 2.24) is 9.97 Å². The van der Waals surface area contributed by atoms with Crippen molar-refractivity contribution < 1.29 is 0 Å². The van der Waals surface area contributed by atoms with Crippen LogP contribution in [0.1, 0.15) is 24.2 Å². The highest BCUT2D eigenvalue weighted by molar-refractivity contribution is 6.31. The number of nitriles is 2. The fourth-order valence-electron chi connectivity index (χ4n) is 1.08. The predicted octanol–water partition coefficient (Wildman–Crippen LogP) is 1.45. The molecular formula is C9H6ClN5. The zero-order valence-electron chi connectivity index (χ0n) is 7.66. The molecule has 1 heterocycles. The highest BCUT2D eigenvalue weighted by atomic mass is 35.5. The Morgan fingerprint density at radius 2 is 1.80 bits per heavy atom. The third-order valence-electron chi connectivity index (χ3n) is 1.98. The molecule has 0 spiro atoms. The largest absolute Gasteiger partial charge is 0.365 e. The lowest BCUT2D eigenvalue weighted by Crippen LogP contribution is -2.07. The number of hydrogen-bond acceptors (Lipinski definition) is 5. The minimum absolute atomic E-state index is 0.00468. The second-order valence-corrected chi connectivity index (χ2v) is 3.56. The monoisotopic (exact) mass is 219 g/mol. The maximum Gasteiger partial charge on any atom is 0.179 e. The van der Waals surface area contributed by atoms with Crippen molar-refractivity contribution in [2.75, 3.05) is 5.32 Å². The van der Waals surface area contributed by atoms with E-state index in [9.17, 15) is 0 Å². The van der Waals surface area contributed by atoms with Crippen LogP contribution in [0, 0.1) is 22.7 Å². The molecule has 74 valence electrons. The number of anilines is 1. The minimum Gasteiger partial charge on any atom is -0.365 e. The number of nitrogens with one attached hydrogen (secondary N) is 1. The van der Waals surface area contributed by atoms with E-state index in [1.807, 2.05) is 6.07 Å². The first-order chi connectivity index (χ1) is 7.24. The Bertz CT molecular complexity index is 481. The van der Waals surface area contributed by atoms with E-state index < -0.39 is 0 Å². The second kappa shape index (κ2) is 3.72. The van der Waals surface area contributed by atoms with Gasteiger partial charge in [0, 0.05) is 6.04 Å². The fourth-order valence-corrected chi connectivity index (χ4v) is 1.27. The Kier molecular flexibility index (Phi) is 2.40. The summed E-state index contributed by atoms with van der Waals surface area (Å²) in [5.74, 6) is 0.384. The van der Waals surface area contributed by atoms with Crippen LogP contribution in [-0.2, 0) is 0 Å². The summed E-state index contributed by atoms with van der Waals surface area (Å²) in [7, 11) is 0. The summed E-state index contributed by atoms with van der Waals surface area (Å²) in [5.41, 5.74) is -0.0334.